The van der Waals surface area contributed by atoms with Crippen LogP contribution in [0.25, 0.3) is 0 Å². The quantitative estimate of drug-likeness (QED) is 0.897. The van der Waals surface area contributed by atoms with E-state index in [0.717, 1.165) is 18.4 Å². The molecule has 0 radical (unpaired) electrons. The molecule has 1 aromatic carbocycles. The molecule has 0 aromatic heterocycles. The van der Waals surface area contributed by atoms with Crippen molar-refractivity contribution in [2.45, 2.75) is 62.6 Å². The van der Waals surface area contributed by atoms with Crippen LogP contribution < -0.4 is 4.74 Å². The summed E-state index contributed by atoms with van der Waals surface area (Å²) in [5.41, 5.74) is 0.783. The summed E-state index contributed by atoms with van der Waals surface area (Å²) < 4.78 is 33.6. The second-order valence-corrected chi connectivity index (χ2v) is 8.55. The summed E-state index contributed by atoms with van der Waals surface area (Å²) in [6.45, 7) is 4.03. The van der Waals surface area contributed by atoms with Crippen LogP contribution in [0.3, 0.4) is 0 Å². The van der Waals surface area contributed by atoms with Crippen molar-refractivity contribution in [2.24, 2.45) is 0 Å². The first-order chi connectivity index (χ1) is 10.8. The van der Waals surface area contributed by atoms with Gasteiger partial charge in [-0.1, -0.05) is 11.6 Å². The summed E-state index contributed by atoms with van der Waals surface area (Å²) in [5.74, 6) is 0.347. The maximum atomic E-state index is 13.2. The van der Waals surface area contributed by atoms with Crippen LogP contribution in [0.15, 0.2) is 17.0 Å². The zero-order valence-corrected chi connectivity index (χ0v) is 14.9. The first kappa shape index (κ1) is 17.0. The van der Waals surface area contributed by atoms with Crippen molar-refractivity contribution in [2.75, 3.05) is 6.61 Å². The van der Waals surface area contributed by atoms with Crippen LogP contribution in [-0.4, -0.2) is 42.6 Å². The van der Waals surface area contributed by atoms with Crippen LogP contribution in [0.2, 0.25) is 5.02 Å². The minimum atomic E-state index is -3.70. The summed E-state index contributed by atoms with van der Waals surface area (Å²) in [5, 5.41) is 10.3. The number of nitrogens with zero attached hydrogens (tertiary/aromatic N) is 1. The van der Waals surface area contributed by atoms with Crippen LogP contribution in [0, 0.1) is 6.92 Å². The fourth-order valence-corrected chi connectivity index (χ4v) is 5.98. The predicted molar refractivity (Wildman–Crippen MR) is 88.4 cm³/mol. The van der Waals surface area contributed by atoms with Crippen LogP contribution in [0.4, 0.5) is 0 Å². The number of hydrogen-bond donors (Lipinski definition) is 1. The Labute approximate surface area is 142 Å². The molecule has 1 aromatic rings. The van der Waals surface area contributed by atoms with E-state index in [1.807, 2.05) is 13.8 Å². The van der Waals surface area contributed by atoms with Crippen molar-refractivity contribution in [1.82, 2.24) is 4.31 Å². The number of aliphatic hydroxyl groups is 1. The number of fused-ring (bicyclic) bond motifs is 2. The molecule has 23 heavy (non-hydrogen) atoms. The maximum Gasteiger partial charge on any atom is 0.247 e. The molecule has 2 aliphatic heterocycles. The molecular weight excluding hydrogens is 338 g/mol. The van der Waals surface area contributed by atoms with Gasteiger partial charge in [-0.2, -0.15) is 4.31 Å². The molecule has 2 bridgehead atoms. The molecule has 1 N–H and O–H groups in total. The van der Waals surface area contributed by atoms with Gasteiger partial charge in [0.25, 0.3) is 0 Å². The van der Waals surface area contributed by atoms with E-state index in [-0.39, 0.29) is 17.0 Å². The minimum absolute atomic E-state index is 0.128. The van der Waals surface area contributed by atoms with E-state index in [1.165, 1.54) is 6.07 Å². The first-order valence-corrected chi connectivity index (χ1v) is 9.81. The molecule has 2 heterocycles. The fraction of sp³-hybridized carbons (Fsp3) is 0.625. The number of hydrogen-bond acceptors (Lipinski definition) is 4. The van der Waals surface area contributed by atoms with Crippen LogP contribution in [0.5, 0.6) is 5.75 Å². The number of halogens is 1. The lowest BCUT2D eigenvalue weighted by Crippen LogP contribution is -2.47. The minimum Gasteiger partial charge on any atom is -0.492 e. The van der Waals surface area contributed by atoms with Crippen molar-refractivity contribution in [3.8, 4) is 5.75 Å². The third kappa shape index (κ3) is 2.97. The summed E-state index contributed by atoms with van der Waals surface area (Å²) in [6.07, 6.45) is 2.18. The third-order valence-corrected chi connectivity index (χ3v) is 7.15. The highest BCUT2D eigenvalue weighted by Crippen LogP contribution is 2.42. The van der Waals surface area contributed by atoms with Gasteiger partial charge >= 0.3 is 0 Å². The highest BCUT2D eigenvalue weighted by Gasteiger charge is 2.47. The van der Waals surface area contributed by atoms with Gasteiger partial charge in [-0.25, -0.2) is 8.42 Å². The topological polar surface area (TPSA) is 66.8 Å². The number of sulfonamides is 1. The van der Waals surface area contributed by atoms with E-state index >= 15 is 0 Å². The molecule has 2 fully saturated rings. The Kier molecular flexibility index (Phi) is 4.62. The molecule has 2 aliphatic rings. The molecule has 3 rings (SSSR count). The molecular formula is C16H22ClNO4S. The first-order valence-electron chi connectivity index (χ1n) is 7.99. The molecule has 5 nitrogen and oxygen atoms in total. The van der Waals surface area contributed by atoms with E-state index < -0.39 is 16.1 Å². The second-order valence-electron chi connectivity index (χ2n) is 6.33. The highest BCUT2D eigenvalue weighted by molar-refractivity contribution is 7.89. The lowest BCUT2D eigenvalue weighted by atomic mass is 10.0. The SMILES string of the molecule is CCOc1cc(C)c(Cl)cc1S(=O)(=O)N1[C@@H]2CC[C@H]1CC(O)C2. The Balaban J connectivity index is 2.05. The number of aliphatic hydroxyl groups excluding tert-OH is 1. The van der Waals surface area contributed by atoms with Crippen molar-refractivity contribution in [3.05, 3.63) is 22.7 Å². The van der Waals surface area contributed by atoms with Gasteiger partial charge in [0.1, 0.15) is 10.6 Å². The average Bonchev–Trinajstić information content (AvgIpc) is 2.76. The largest absolute Gasteiger partial charge is 0.492 e. The zero-order valence-electron chi connectivity index (χ0n) is 13.3. The molecule has 7 heteroatoms. The second kappa shape index (κ2) is 6.24. The number of aryl methyl sites for hydroxylation is 1. The molecule has 0 amide bonds. The van der Waals surface area contributed by atoms with Gasteiger partial charge in [0.2, 0.25) is 10.0 Å². The summed E-state index contributed by atoms with van der Waals surface area (Å²) in [6, 6.07) is 2.90. The Hall–Kier alpha value is -0.820. The van der Waals surface area contributed by atoms with Crippen LogP contribution in [-0.2, 0) is 10.0 Å². The summed E-state index contributed by atoms with van der Waals surface area (Å²) in [7, 11) is -3.70. The van der Waals surface area contributed by atoms with E-state index in [4.69, 9.17) is 16.3 Å². The van der Waals surface area contributed by atoms with Crippen molar-refractivity contribution in [1.29, 1.82) is 0 Å². The monoisotopic (exact) mass is 359 g/mol. The Morgan fingerprint density at radius 3 is 2.48 bits per heavy atom. The Morgan fingerprint density at radius 2 is 1.91 bits per heavy atom. The molecule has 0 aliphatic carbocycles. The zero-order chi connectivity index (χ0) is 16.8. The standard InChI is InChI=1S/C16H22ClNO4S/c1-3-22-15-6-10(2)14(17)9-16(15)23(20,21)18-11-4-5-12(18)8-13(19)7-11/h6,9,11-13,19H,3-5,7-8H2,1-2H3/t11-,12+,13?. The molecule has 1 unspecified atom stereocenters. The number of ether oxygens (including phenoxy) is 1. The smallest absolute Gasteiger partial charge is 0.247 e. The van der Waals surface area contributed by atoms with Gasteiger partial charge in [-0.05, 0) is 57.2 Å². The number of piperidine rings is 1. The molecule has 0 saturated carbocycles. The van der Waals surface area contributed by atoms with Gasteiger partial charge in [0.15, 0.2) is 0 Å². The Bertz CT molecular complexity index is 692. The molecule has 3 atom stereocenters. The summed E-state index contributed by atoms with van der Waals surface area (Å²) >= 11 is 6.16. The van der Waals surface area contributed by atoms with Gasteiger partial charge < -0.3 is 9.84 Å². The number of rotatable bonds is 4. The van der Waals surface area contributed by atoms with E-state index in [2.05, 4.69) is 0 Å². The fourth-order valence-electron chi connectivity index (χ4n) is 3.72. The normalized spacial score (nSPS) is 28.1. The van der Waals surface area contributed by atoms with E-state index in [0.29, 0.717) is 30.2 Å². The van der Waals surface area contributed by atoms with Crippen LogP contribution in [0.1, 0.15) is 38.2 Å². The van der Waals surface area contributed by atoms with Crippen molar-refractivity contribution < 1.29 is 18.3 Å². The molecule has 128 valence electrons. The van der Waals surface area contributed by atoms with Gasteiger partial charge in [-0.15, -0.1) is 0 Å². The highest BCUT2D eigenvalue weighted by atomic mass is 35.5. The van der Waals surface area contributed by atoms with E-state index in [1.54, 1.807) is 10.4 Å². The van der Waals surface area contributed by atoms with Gasteiger partial charge in [0, 0.05) is 17.1 Å². The average molecular weight is 360 g/mol. The maximum absolute atomic E-state index is 13.2. The Morgan fingerprint density at radius 1 is 1.30 bits per heavy atom. The lowest BCUT2D eigenvalue weighted by molar-refractivity contribution is 0.0768. The number of benzene rings is 1. The lowest BCUT2D eigenvalue weighted by Gasteiger charge is -2.36. The van der Waals surface area contributed by atoms with Gasteiger partial charge in [-0.3, -0.25) is 0 Å². The molecule has 2 saturated heterocycles. The summed E-state index contributed by atoms with van der Waals surface area (Å²) in [4.78, 5) is 0.128. The van der Waals surface area contributed by atoms with Crippen molar-refractivity contribution in [3.63, 3.8) is 0 Å². The van der Waals surface area contributed by atoms with Gasteiger partial charge in [0.05, 0.1) is 12.7 Å². The van der Waals surface area contributed by atoms with Crippen LogP contribution >= 0.6 is 11.6 Å². The third-order valence-electron chi connectivity index (χ3n) is 4.72. The molecule has 0 spiro atoms. The van der Waals surface area contributed by atoms with Crippen molar-refractivity contribution >= 4 is 21.6 Å². The van der Waals surface area contributed by atoms with E-state index in [9.17, 15) is 13.5 Å². The predicted octanol–water partition coefficient (Wildman–Crippen LogP) is 2.72.